The standard InChI is InChI=1S/C35H54O9/c1-11-27(40)43-23-16-21-20(31(5,6)29(23)41)12-13-24-32(7)17-22(37)28(33(32,8)18-26(39)34(21,24)9)35(10,42)25(38)14-15-30(3,4)44-19(2)36/h12,21-24,28-29,37,41-42H,11,13-18H2,1-10H3/t21-,22-,23+,24+,28+,29-,32+,33-,34+,35+/m1/s1. The van der Waals surface area contributed by atoms with Crippen LogP contribution in [0.3, 0.4) is 0 Å². The molecule has 0 amide bonds. The van der Waals surface area contributed by atoms with Crippen molar-refractivity contribution in [2.45, 2.75) is 144 Å². The van der Waals surface area contributed by atoms with Crippen molar-refractivity contribution in [1.29, 1.82) is 0 Å². The van der Waals surface area contributed by atoms with Gasteiger partial charge in [0.1, 0.15) is 23.1 Å². The molecule has 9 heteroatoms. The Hall–Kier alpha value is -2.10. The monoisotopic (exact) mass is 618 g/mol. The van der Waals surface area contributed by atoms with E-state index in [1.165, 1.54) is 13.8 Å². The van der Waals surface area contributed by atoms with Crippen LogP contribution in [0.2, 0.25) is 0 Å². The number of aliphatic hydroxyl groups excluding tert-OH is 2. The zero-order chi connectivity index (χ0) is 33.4. The maximum absolute atomic E-state index is 14.6. The van der Waals surface area contributed by atoms with Crippen molar-refractivity contribution < 1.29 is 44.0 Å². The molecule has 3 N–H and O–H groups in total. The molecule has 0 aromatic rings. The summed E-state index contributed by atoms with van der Waals surface area (Å²) in [5.74, 6) is -2.67. The summed E-state index contributed by atoms with van der Waals surface area (Å²) in [5, 5.41) is 34.9. The van der Waals surface area contributed by atoms with Crippen LogP contribution in [0.4, 0.5) is 0 Å². The summed E-state index contributed by atoms with van der Waals surface area (Å²) in [4.78, 5) is 52.1. The van der Waals surface area contributed by atoms with Crippen molar-refractivity contribution in [2.75, 3.05) is 0 Å². The number of aliphatic hydroxyl groups is 3. The van der Waals surface area contributed by atoms with E-state index >= 15 is 0 Å². The fourth-order valence-corrected chi connectivity index (χ4v) is 10.2. The van der Waals surface area contributed by atoms with Gasteiger partial charge in [0.15, 0.2) is 5.78 Å². The zero-order valence-corrected chi connectivity index (χ0v) is 28.3. The summed E-state index contributed by atoms with van der Waals surface area (Å²) < 4.78 is 11.1. The Morgan fingerprint density at radius 2 is 1.66 bits per heavy atom. The summed E-state index contributed by atoms with van der Waals surface area (Å²) in [7, 11) is 0. The summed E-state index contributed by atoms with van der Waals surface area (Å²) in [6.07, 6.45) is 1.08. The number of rotatable bonds is 8. The van der Waals surface area contributed by atoms with Crippen LogP contribution in [0.25, 0.3) is 0 Å². The number of carbonyl (C=O) groups excluding carboxylic acids is 4. The highest BCUT2D eigenvalue weighted by Crippen LogP contribution is 2.74. The predicted molar refractivity (Wildman–Crippen MR) is 163 cm³/mol. The fraction of sp³-hybridized carbons (Fsp3) is 0.829. The molecule has 0 heterocycles. The Balaban J connectivity index is 1.71. The van der Waals surface area contributed by atoms with Gasteiger partial charge >= 0.3 is 11.9 Å². The van der Waals surface area contributed by atoms with Crippen LogP contribution in [0.15, 0.2) is 11.6 Å². The first-order valence-corrected chi connectivity index (χ1v) is 16.3. The molecule has 4 aliphatic carbocycles. The molecule has 3 saturated carbocycles. The normalized spacial score (nSPS) is 40.9. The van der Waals surface area contributed by atoms with Crippen molar-refractivity contribution in [3.63, 3.8) is 0 Å². The molecule has 248 valence electrons. The van der Waals surface area contributed by atoms with Gasteiger partial charge in [0.2, 0.25) is 0 Å². The minimum absolute atomic E-state index is 0.00386. The molecule has 0 aromatic heterocycles. The van der Waals surface area contributed by atoms with E-state index < -0.39 is 74.8 Å². The van der Waals surface area contributed by atoms with E-state index in [9.17, 15) is 34.5 Å². The van der Waals surface area contributed by atoms with Gasteiger partial charge in [0.25, 0.3) is 0 Å². The van der Waals surface area contributed by atoms with E-state index in [2.05, 4.69) is 13.0 Å². The maximum Gasteiger partial charge on any atom is 0.305 e. The molecule has 9 nitrogen and oxygen atoms in total. The van der Waals surface area contributed by atoms with Gasteiger partial charge in [-0.05, 0) is 69.1 Å². The molecular formula is C35H54O9. The lowest BCUT2D eigenvalue weighted by molar-refractivity contribution is -0.191. The third kappa shape index (κ3) is 5.09. The molecule has 0 aliphatic heterocycles. The average Bonchev–Trinajstić information content (AvgIpc) is 3.10. The van der Waals surface area contributed by atoms with E-state index in [1.54, 1.807) is 20.8 Å². The smallest absolute Gasteiger partial charge is 0.305 e. The molecule has 0 aromatic carbocycles. The highest BCUT2D eigenvalue weighted by Gasteiger charge is 2.74. The third-order valence-corrected chi connectivity index (χ3v) is 12.7. The number of esters is 2. The van der Waals surface area contributed by atoms with Gasteiger partial charge in [0.05, 0.1) is 12.2 Å². The Kier molecular flexibility index (Phi) is 8.70. The molecule has 44 heavy (non-hydrogen) atoms. The van der Waals surface area contributed by atoms with Crippen molar-refractivity contribution in [1.82, 2.24) is 0 Å². The lowest BCUT2D eigenvalue weighted by atomic mass is 9.38. The van der Waals surface area contributed by atoms with E-state index in [-0.39, 0.29) is 43.3 Å². The van der Waals surface area contributed by atoms with Gasteiger partial charge in [-0.25, -0.2) is 0 Å². The van der Waals surface area contributed by atoms with Gasteiger partial charge in [-0.3, -0.25) is 19.2 Å². The number of hydrogen-bond acceptors (Lipinski definition) is 9. The van der Waals surface area contributed by atoms with Crippen molar-refractivity contribution in [2.24, 2.45) is 39.4 Å². The topological polar surface area (TPSA) is 147 Å². The Morgan fingerprint density at radius 3 is 2.23 bits per heavy atom. The van der Waals surface area contributed by atoms with Gasteiger partial charge in [-0.15, -0.1) is 0 Å². The molecule has 4 aliphatic rings. The number of fused-ring (bicyclic) bond motifs is 5. The Morgan fingerprint density at radius 1 is 1.05 bits per heavy atom. The van der Waals surface area contributed by atoms with Gasteiger partial charge in [-0.1, -0.05) is 53.2 Å². The van der Waals surface area contributed by atoms with Gasteiger partial charge < -0.3 is 24.8 Å². The highest BCUT2D eigenvalue weighted by molar-refractivity contribution is 5.90. The Labute approximate surface area is 262 Å². The largest absolute Gasteiger partial charge is 0.460 e. The minimum Gasteiger partial charge on any atom is -0.460 e. The number of ketones is 2. The molecular weight excluding hydrogens is 564 g/mol. The summed E-state index contributed by atoms with van der Waals surface area (Å²) >= 11 is 0. The van der Waals surface area contributed by atoms with Crippen LogP contribution < -0.4 is 0 Å². The van der Waals surface area contributed by atoms with Crippen LogP contribution in [0.1, 0.15) is 114 Å². The molecule has 0 saturated heterocycles. The zero-order valence-electron chi connectivity index (χ0n) is 28.3. The van der Waals surface area contributed by atoms with Crippen molar-refractivity contribution >= 4 is 23.5 Å². The Bertz CT molecular complexity index is 1250. The van der Waals surface area contributed by atoms with Crippen molar-refractivity contribution in [3.05, 3.63) is 11.6 Å². The first-order valence-electron chi connectivity index (χ1n) is 16.3. The lowest BCUT2D eigenvalue weighted by Crippen LogP contribution is -2.66. The van der Waals surface area contributed by atoms with Crippen LogP contribution >= 0.6 is 0 Å². The fourth-order valence-electron chi connectivity index (χ4n) is 10.2. The predicted octanol–water partition coefficient (Wildman–Crippen LogP) is 4.48. The van der Waals surface area contributed by atoms with E-state index in [1.807, 2.05) is 27.7 Å². The third-order valence-electron chi connectivity index (χ3n) is 12.7. The number of ether oxygens (including phenoxy) is 2. The molecule has 0 spiro atoms. The number of allylic oxidation sites excluding steroid dienone is 1. The minimum atomic E-state index is -1.92. The molecule has 0 radical (unpaired) electrons. The average molecular weight is 619 g/mol. The second-order valence-electron chi connectivity index (χ2n) is 16.2. The number of hydrogen-bond donors (Lipinski definition) is 3. The lowest BCUT2D eigenvalue weighted by Gasteiger charge is -2.65. The van der Waals surface area contributed by atoms with E-state index in [0.29, 0.717) is 19.3 Å². The quantitative estimate of drug-likeness (QED) is 0.265. The molecule has 3 fully saturated rings. The van der Waals surface area contributed by atoms with Gasteiger partial charge in [-0.2, -0.15) is 0 Å². The summed E-state index contributed by atoms with van der Waals surface area (Å²) in [5.41, 5.74) is -4.89. The van der Waals surface area contributed by atoms with Gasteiger partial charge in [0, 0.05) is 42.9 Å². The second-order valence-corrected chi connectivity index (χ2v) is 16.2. The summed E-state index contributed by atoms with van der Waals surface area (Å²) in [6, 6.07) is 0. The highest BCUT2D eigenvalue weighted by atomic mass is 16.6. The SMILES string of the molecule is CCC(=O)O[C@H]1C[C@@H]2C(=CC[C@@H]3[C@@]2(C)C(=O)C[C@]2(C)[C@@H]([C@@](C)(O)C(=O)CCC(C)(C)OC(C)=O)[C@H](O)C[C@@]32C)C(C)(C)[C@@H]1O. The summed E-state index contributed by atoms with van der Waals surface area (Å²) in [6.45, 7) is 17.8. The first-order chi connectivity index (χ1) is 20.0. The van der Waals surface area contributed by atoms with Crippen LogP contribution in [-0.2, 0) is 28.7 Å². The van der Waals surface area contributed by atoms with Crippen LogP contribution in [0.5, 0.6) is 0 Å². The van der Waals surface area contributed by atoms with E-state index in [0.717, 1.165) is 5.57 Å². The van der Waals surface area contributed by atoms with Crippen molar-refractivity contribution in [3.8, 4) is 0 Å². The maximum atomic E-state index is 14.6. The molecule has 0 bridgehead atoms. The first kappa shape index (κ1) is 34.8. The molecule has 10 atom stereocenters. The molecule has 4 rings (SSSR count). The van der Waals surface area contributed by atoms with E-state index in [4.69, 9.17) is 9.47 Å². The number of carbonyl (C=O) groups is 4. The number of Topliss-reactive ketones (excluding diaryl/α,β-unsaturated/α-hetero) is 2. The molecule has 0 unspecified atom stereocenters. The second kappa shape index (κ2) is 11.0. The van der Waals surface area contributed by atoms with Crippen LogP contribution in [-0.4, -0.2) is 68.3 Å². The van der Waals surface area contributed by atoms with Crippen LogP contribution in [0, 0.1) is 39.4 Å².